The quantitative estimate of drug-likeness (QED) is 0.764. The van der Waals surface area contributed by atoms with Gasteiger partial charge in [-0.25, -0.2) is 0 Å². The first kappa shape index (κ1) is 16.7. The van der Waals surface area contributed by atoms with Crippen LogP contribution in [-0.2, 0) is 9.53 Å². The zero-order valence-electron chi connectivity index (χ0n) is 13.4. The number of rotatable bonds is 7. The minimum atomic E-state index is 0.334. The lowest BCUT2D eigenvalue weighted by atomic mass is 9.96. The van der Waals surface area contributed by atoms with Gasteiger partial charge in [0.1, 0.15) is 0 Å². The van der Waals surface area contributed by atoms with Gasteiger partial charge in [-0.2, -0.15) is 0 Å². The fourth-order valence-corrected chi connectivity index (χ4v) is 3.48. The van der Waals surface area contributed by atoms with Crippen LogP contribution in [-0.4, -0.2) is 67.7 Å². The minimum absolute atomic E-state index is 0.334. The molecule has 5 nitrogen and oxygen atoms in total. The van der Waals surface area contributed by atoms with E-state index in [1.165, 1.54) is 0 Å². The Hall–Kier alpha value is -0.650. The second-order valence-electron chi connectivity index (χ2n) is 6.32. The van der Waals surface area contributed by atoms with Crippen LogP contribution in [0.3, 0.4) is 0 Å². The van der Waals surface area contributed by atoms with E-state index in [1.807, 2.05) is 0 Å². The van der Waals surface area contributed by atoms with Crippen LogP contribution in [0.5, 0.6) is 0 Å². The zero-order valence-corrected chi connectivity index (χ0v) is 13.4. The van der Waals surface area contributed by atoms with Crippen LogP contribution in [0.25, 0.3) is 0 Å². The van der Waals surface area contributed by atoms with Crippen molar-refractivity contribution in [1.82, 2.24) is 9.80 Å². The molecule has 0 aliphatic carbocycles. The van der Waals surface area contributed by atoms with Crippen LogP contribution >= 0.6 is 0 Å². The molecule has 2 saturated heterocycles. The summed E-state index contributed by atoms with van der Waals surface area (Å²) in [5.74, 6) is 0.942. The molecule has 0 radical (unpaired) electrons. The second kappa shape index (κ2) is 8.71. The first-order valence-corrected chi connectivity index (χ1v) is 8.54. The van der Waals surface area contributed by atoms with Crippen LogP contribution in [0.15, 0.2) is 0 Å². The van der Waals surface area contributed by atoms with E-state index < -0.39 is 0 Å². The summed E-state index contributed by atoms with van der Waals surface area (Å²) in [6, 6.07) is 0.545. The molecule has 2 fully saturated rings. The van der Waals surface area contributed by atoms with Crippen LogP contribution in [0.1, 0.15) is 39.0 Å². The molecule has 2 aliphatic heterocycles. The van der Waals surface area contributed by atoms with Gasteiger partial charge in [-0.1, -0.05) is 13.3 Å². The molecule has 2 atom stereocenters. The van der Waals surface area contributed by atoms with Crippen molar-refractivity contribution in [2.75, 3.05) is 45.9 Å². The van der Waals surface area contributed by atoms with Gasteiger partial charge in [-0.05, 0) is 31.7 Å². The smallest absolute Gasteiger partial charge is 0.222 e. The molecular weight excluding hydrogens is 266 g/mol. The molecule has 1 amide bonds. The van der Waals surface area contributed by atoms with Crippen molar-refractivity contribution in [3.63, 3.8) is 0 Å². The molecule has 0 spiro atoms. The summed E-state index contributed by atoms with van der Waals surface area (Å²) in [5, 5.41) is 0. The molecule has 21 heavy (non-hydrogen) atoms. The highest BCUT2D eigenvalue weighted by molar-refractivity contribution is 5.76. The Morgan fingerprint density at radius 3 is 2.71 bits per heavy atom. The van der Waals surface area contributed by atoms with E-state index in [0.717, 1.165) is 71.6 Å². The number of nitrogens with zero attached hydrogens (tertiary/aromatic N) is 2. The first-order chi connectivity index (χ1) is 10.2. The number of ether oxygens (including phenoxy) is 1. The first-order valence-electron chi connectivity index (χ1n) is 8.54. The summed E-state index contributed by atoms with van der Waals surface area (Å²) in [4.78, 5) is 16.9. The maximum absolute atomic E-state index is 12.3. The van der Waals surface area contributed by atoms with E-state index in [1.54, 1.807) is 0 Å². The summed E-state index contributed by atoms with van der Waals surface area (Å²) in [5.41, 5.74) is 5.62. The Kier molecular flexibility index (Phi) is 6.93. The Labute approximate surface area is 128 Å². The third-order valence-corrected chi connectivity index (χ3v) is 5.00. The molecule has 2 aliphatic rings. The van der Waals surface area contributed by atoms with Crippen LogP contribution in [0, 0.1) is 5.92 Å². The van der Waals surface area contributed by atoms with Gasteiger partial charge in [-0.3, -0.25) is 9.69 Å². The summed E-state index contributed by atoms with van der Waals surface area (Å²) in [6.45, 7) is 8.46. The average Bonchev–Trinajstić information content (AvgIpc) is 3.02. The Morgan fingerprint density at radius 1 is 1.29 bits per heavy atom. The fraction of sp³-hybridized carbons (Fsp3) is 0.938. The number of carbonyl (C=O) groups excluding carboxylic acids is 1. The number of amides is 1. The van der Waals surface area contributed by atoms with Crippen LogP contribution < -0.4 is 5.73 Å². The summed E-state index contributed by atoms with van der Waals surface area (Å²) < 4.78 is 5.40. The van der Waals surface area contributed by atoms with Crippen molar-refractivity contribution < 1.29 is 9.53 Å². The highest BCUT2D eigenvalue weighted by Gasteiger charge is 2.30. The Morgan fingerprint density at radius 2 is 2.05 bits per heavy atom. The van der Waals surface area contributed by atoms with Gasteiger partial charge in [0, 0.05) is 38.6 Å². The van der Waals surface area contributed by atoms with Crippen molar-refractivity contribution in [2.24, 2.45) is 11.7 Å². The molecular formula is C16H31N3O2. The number of likely N-dealkylation sites (tertiary alicyclic amines) is 1. The lowest BCUT2D eigenvalue weighted by Crippen LogP contribution is -2.45. The molecule has 122 valence electrons. The predicted molar refractivity (Wildman–Crippen MR) is 84.1 cm³/mol. The molecule has 2 heterocycles. The van der Waals surface area contributed by atoms with E-state index in [4.69, 9.17) is 10.5 Å². The van der Waals surface area contributed by atoms with Gasteiger partial charge >= 0.3 is 0 Å². The summed E-state index contributed by atoms with van der Waals surface area (Å²) in [7, 11) is 0. The topological polar surface area (TPSA) is 58.8 Å². The van der Waals surface area contributed by atoms with Crippen molar-refractivity contribution in [3.8, 4) is 0 Å². The molecule has 0 aromatic heterocycles. The summed E-state index contributed by atoms with van der Waals surface area (Å²) in [6.07, 6.45) is 4.96. The molecule has 0 bridgehead atoms. The molecule has 2 N–H and O–H groups in total. The van der Waals surface area contributed by atoms with E-state index in [0.29, 0.717) is 24.3 Å². The van der Waals surface area contributed by atoms with Gasteiger partial charge in [0.2, 0.25) is 5.91 Å². The minimum Gasteiger partial charge on any atom is -0.379 e. The van der Waals surface area contributed by atoms with Gasteiger partial charge < -0.3 is 15.4 Å². The van der Waals surface area contributed by atoms with Crippen molar-refractivity contribution in [1.29, 1.82) is 0 Å². The number of morpholine rings is 1. The van der Waals surface area contributed by atoms with E-state index in [2.05, 4.69) is 16.7 Å². The van der Waals surface area contributed by atoms with E-state index >= 15 is 0 Å². The van der Waals surface area contributed by atoms with E-state index in [-0.39, 0.29) is 0 Å². The lowest BCUT2D eigenvalue weighted by Gasteiger charge is -2.32. The van der Waals surface area contributed by atoms with Gasteiger partial charge in [0.25, 0.3) is 0 Å². The third-order valence-electron chi connectivity index (χ3n) is 5.00. The Bertz CT molecular complexity index is 319. The number of nitrogens with two attached hydrogens (primary N) is 1. The van der Waals surface area contributed by atoms with Gasteiger partial charge in [0.15, 0.2) is 0 Å². The molecule has 0 aromatic carbocycles. The zero-order chi connectivity index (χ0) is 15.1. The SMILES string of the molecule is CCC(CCN)CCC(=O)N1CCC(N2CCOCC2)C1. The Balaban J connectivity index is 1.71. The number of hydrogen-bond acceptors (Lipinski definition) is 4. The number of carbonyl (C=O) groups is 1. The molecule has 2 unspecified atom stereocenters. The summed E-state index contributed by atoms with van der Waals surface area (Å²) >= 11 is 0. The normalized spacial score (nSPS) is 25.2. The van der Waals surface area contributed by atoms with Crippen molar-refractivity contribution in [2.45, 2.75) is 45.1 Å². The molecule has 2 rings (SSSR count). The monoisotopic (exact) mass is 297 g/mol. The van der Waals surface area contributed by atoms with Crippen LogP contribution in [0.4, 0.5) is 0 Å². The van der Waals surface area contributed by atoms with Crippen molar-refractivity contribution >= 4 is 5.91 Å². The standard InChI is InChI=1S/C16H31N3O2/c1-2-14(5-7-17)3-4-16(20)19-8-6-15(13-19)18-9-11-21-12-10-18/h14-15H,2-13,17H2,1H3. The van der Waals surface area contributed by atoms with Gasteiger partial charge in [0.05, 0.1) is 13.2 Å². The predicted octanol–water partition coefficient (Wildman–Crippen LogP) is 1.07. The highest BCUT2D eigenvalue weighted by atomic mass is 16.5. The molecule has 0 saturated carbocycles. The average molecular weight is 297 g/mol. The lowest BCUT2D eigenvalue weighted by molar-refractivity contribution is -0.130. The largest absolute Gasteiger partial charge is 0.379 e. The highest BCUT2D eigenvalue weighted by Crippen LogP contribution is 2.20. The maximum Gasteiger partial charge on any atom is 0.222 e. The molecule has 0 aromatic rings. The van der Waals surface area contributed by atoms with Gasteiger partial charge in [-0.15, -0.1) is 0 Å². The maximum atomic E-state index is 12.3. The van der Waals surface area contributed by atoms with E-state index in [9.17, 15) is 4.79 Å². The number of hydrogen-bond donors (Lipinski definition) is 1. The third kappa shape index (κ3) is 4.94. The van der Waals surface area contributed by atoms with Crippen LogP contribution in [0.2, 0.25) is 0 Å². The second-order valence-corrected chi connectivity index (χ2v) is 6.32. The fourth-order valence-electron chi connectivity index (χ4n) is 3.48. The molecule has 5 heteroatoms. The van der Waals surface area contributed by atoms with Crippen molar-refractivity contribution in [3.05, 3.63) is 0 Å².